The molecule has 0 bridgehead atoms. The van der Waals surface area contributed by atoms with Crippen LogP contribution in [0.4, 0.5) is 5.69 Å². The highest BCUT2D eigenvalue weighted by Gasteiger charge is 2.24. The van der Waals surface area contributed by atoms with E-state index in [4.69, 9.17) is 9.84 Å². The van der Waals surface area contributed by atoms with Crippen LogP contribution in [0, 0.1) is 17.2 Å². The minimum absolute atomic E-state index is 0.0246. The molecule has 2 N–H and O–H groups in total. The molecule has 1 amide bonds. The number of carboxylic acids is 1. The third-order valence-corrected chi connectivity index (χ3v) is 4.65. The first-order valence-electron chi connectivity index (χ1n) is 9.28. The molecule has 2 aromatic rings. The summed E-state index contributed by atoms with van der Waals surface area (Å²) in [7, 11) is 0. The first kappa shape index (κ1) is 20.0. The van der Waals surface area contributed by atoms with Gasteiger partial charge in [-0.2, -0.15) is 5.26 Å². The molecule has 3 rings (SSSR count). The van der Waals surface area contributed by atoms with Gasteiger partial charge in [-0.3, -0.25) is 9.59 Å². The molecule has 1 saturated heterocycles. The standard InChI is InChI=1S/C22H21N3O4/c23-14-17(15-25-12-10-16(11-13-25)22(27)28)21(26)24-18-6-8-20(9-7-18)29-19-4-2-1-3-5-19/h1-9,15-16H,10-13H2,(H,24,26)(H,27,28)/b17-15-. The maximum Gasteiger partial charge on any atom is 0.306 e. The van der Waals surface area contributed by atoms with Gasteiger partial charge >= 0.3 is 5.97 Å². The predicted octanol–water partition coefficient (Wildman–Crippen LogP) is 3.62. The molecule has 29 heavy (non-hydrogen) atoms. The fourth-order valence-corrected chi connectivity index (χ4v) is 3.03. The second-order valence-electron chi connectivity index (χ2n) is 6.70. The molecule has 0 unspecified atom stereocenters. The molecule has 0 spiro atoms. The van der Waals surface area contributed by atoms with E-state index in [0.29, 0.717) is 43.1 Å². The minimum atomic E-state index is -0.799. The number of nitriles is 1. The highest BCUT2D eigenvalue weighted by atomic mass is 16.5. The molecule has 0 saturated carbocycles. The molecule has 0 atom stereocenters. The Hall–Kier alpha value is -3.79. The number of anilines is 1. The van der Waals surface area contributed by atoms with E-state index in [-0.39, 0.29) is 11.5 Å². The van der Waals surface area contributed by atoms with Crippen LogP contribution in [0.5, 0.6) is 11.5 Å². The average molecular weight is 391 g/mol. The van der Waals surface area contributed by atoms with E-state index in [1.165, 1.54) is 6.20 Å². The number of ether oxygens (including phenoxy) is 1. The summed E-state index contributed by atoms with van der Waals surface area (Å²) in [5, 5.41) is 21.1. The minimum Gasteiger partial charge on any atom is -0.481 e. The van der Waals surface area contributed by atoms with Crippen molar-refractivity contribution < 1.29 is 19.4 Å². The maximum absolute atomic E-state index is 12.4. The van der Waals surface area contributed by atoms with Gasteiger partial charge in [-0.1, -0.05) is 18.2 Å². The number of nitrogens with one attached hydrogen (secondary N) is 1. The van der Waals surface area contributed by atoms with Gasteiger partial charge in [0.2, 0.25) is 0 Å². The van der Waals surface area contributed by atoms with Crippen molar-refractivity contribution in [3.63, 3.8) is 0 Å². The summed E-state index contributed by atoms with van der Waals surface area (Å²) in [5.74, 6) is -0.330. The van der Waals surface area contributed by atoms with Crippen molar-refractivity contribution in [3.8, 4) is 17.6 Å². The van der Waals surface area contributed by atoms with Crippen LogP contribution < -0.4 is 10.1 Å². The van der Waals surface area contributed by atoms with Crippen LogP contribution in [-0.4, -0.2) is 35.0 Å². The monoisotopic (exact) mass is 391 g/mol. The zero-order valence-corrected chi connectivity index (χ0v) is 15.7. The summed E-state index contributed by atoms with van der Waals surface area (Å²) in [6.07, 6.45) is 2.49. The lowest BCUT2D eigenvalue weighted by Gasteiger charge is -2.29. The molecule has 1 aliphatic rings. The Morgan fingerprint density at radius 1 is 1.07 bits per heavy atom. The number of amides is 1. The van der Waals surface area contributed by atoms with Gasteiger partial charge in [0, 0.05) is 25.0 Å². The third kappa shape index (κ3) is 5.59. The zero-order valence-electron chi connectivity index (χ0n) is 15.7. The van der Waals surface area contributed by atoms with Crippen molar-refractivity contribution in [2.75, 3.05) is 18.4 Å². The smallest absolute Gasteiger partial charge is 0.306 e. The van der Waals surface area contributed by atoms with Gasteiger partial charge in [0.15, 0.2) is 0 Å². The summed E-state index contributed by atoms with van der Waals surface area (Å²) < 4.78 is 5.71. The van der Waals surface area contributed by atoms with Crippen molar-refractivity contribution in [1.29, 1.82) is 5.26 Å². The molecule has 1 aliphatic heterocycles. The summed E-state index contributed by atoms with van der Waals surface area (Å²) in [6.45, 7) is 1.00. The first-order chi connectivity index (χ1) is 14.0. The van der Waals surface area contributed by atoms with Crippen LogP contribution in [0.2, 0.25) is 0 Å². The highest BCUT2D eigenvalue weighted by molar-refractivity contribution is 6.06. The summed E-state index contributed by atoms with van der Waals surface area (Å²) in [5.41, 5.74) is 0.518. The largest absolute Gasteiger partial charge is 0.481 e. The third-order valence-electron chi connectivity index (χ3n) is 4.65. The SMILES string of the molecule is N#C/C(=C/N1CCC(C(=O)O)CC1)C(=O)Nc1ccc(Oc2ccccc2)cc1. The normalized spacial score (nSPS) is 14.7. The van der Waals surface area contributed by atoms with Crippen LogP contribution in [0.25, 0.3) is 0 Å². The second kappa shape index (κ2) is 9.42. The average Bonchev–Trinajstić information content (AvgIpc) is 2.74. The Kier molecular flexibility index (Phi) is 6.48. The molecular formula is C22H21N3O4. The van der Waals surface area contributed by atoms with E-state index < -0.39 is 11.9 Å². The highest BCUT2D eigenvalue weighted by Crippen LogP contribution is 2.23. The van der Waals surface area contributed by atoms with Gasteiger partial charge < -0.3 is 20.1 Å². The Morgan fingerprint density at radius 3 is 2.28 bits per heavy atom. The first-order valence-corrected chi connectivity index (χ1v) is 9.28. The number of carbonyl (C=O) groups is 2. The Morgan fingerprint density at radius 2 is 1.69 bits per heavy atom. The summed E-state index contributed by atoms with van der Waals surface area (Å²) >= 11 is 0. The Bertz CT molecular complexity index is 925. The number of aliphatic carboxylic acids is 1. The lowest BCUT2D eigenvalue weighted by atomic mass is 9.97. The lowest BCUT2D eigenvalue weighted by molar-refractivity contribution is -0.143. The van der Waals surface area contributed by atoms with Gasteiger partial charge in [0.05, 0.1) is 5.92 Å². The topological polar surface area (TPSA) is 103 Å². The van der Waals surface area contributed by atoms with Crippen LogP contribution in [-0.2, 0) is 9.59 Å². The number of nitrogens with zero attached hydrogens (tertiary/aromatic N) is 2. The molecular weight excluding hydrogens is 370 g/mol. The van der Waals surface area contributed by atoms with E-state index in [2.05, 4.69) is 5.32 Å². The number of piperidine rings is 1. The number of likely N-dealkylation sites (tertiary alicyclic amines) is 1. The van der Waals surface area contributed by atoms with Gasteiger partial charge in [-0.25, -0.2) is 0 Å². The van der Waals surface area contributed by atoms with E-state index in [9.17, 15) is 14.9 Å². The zero-order chi connectivity index (χ0) is 20.6. The number of para-hydroxylation sites is 1. The number of rotatable bonds is 6. The molecule has 0 radical (unpaired) electrons. The maximum atomic E-state index is 12.4. The van der Waals surface area contributed by atoms with Crippen molar-refractivity contribution in [2.24, 2.45) is 5.92 Å². The molecule has 1 heterocycles. The van der Waals surface area contributed by atoms with Crippen molar-refractivity contribution in [2.45, 2.75) is 12.8 Å². The van der Waals surface area contributed by atoms with E-state index in [1.54, 1.807) is 24.3 Å². The predicted molar refractivity (Wildman–Crippen MR) is 107 cm³/mol. The van der Waals surface area contributed by atoms with Crippen LogP contribution in [0.3, 0.4) is 0 Å². The Balaban J connectivity index is 1.58. The lowest BCUT2D eigenvalue weighted by Crippen LogP contribution is -2.33. The van der Waals surface area contributed by atoms with Crippen molar-refractivity contribution in [3.05, 3.63) is 66.4 Å². The molecule has 7 heteroatoms. The number of benzene rings is 2. The van der Waals surface area contributed by atoms with Gasteiger partial charge in [0.1, 0.15) is 23.1 Å². The quantitative estimate of drug-likeness (QED) is 0.576. The molecule has 1 fully saturated rings. The van der Waals surface area contributed by atoms with E-state index in [1.807, 2.05) is 41.3 Å². The van der Waals surface area contributed by atoms with Crippen molar-refractivity contribution in [1.82, 2.24) is 4.90 Å². The molecule has 0 aromatic heterocycles. The number of hydrogen-bond acceptors (Lipinski definition) is 5. The van der Waals surface area contributed by atoms with Gasteiger partial charge in [0.25, 0.3) is 5.91 Å². The molecule has 148 valence electrons. The number of hydrogen-bond donors (Lipinski definition) is 2. The van der Waals surface area contributed by atoms with E-state index in [0.717, 1.165) is 0 Å². The number of carboxylic acid groups (broad SMARTS) is 1. The van der Waals surface area contributed by atoms with Gasteiger partial charge in [-0.05, 0) is 49.2 Å². The molecule has 2 aromatic carbocycles. The summed E-state index contributed by atoms with van der Waals surface area (Å²) in [6, 6.07) is 18.1. The van der Waals surface area contributed by atoms with E-state index >= 15 is 0 Å². The van der Waals surface area contributed by atoms with Crippen LogP contribution in [0.15, 0.2) is 66.4 Å². The van der Waals surface area contributed by atoms with Crippen LogP contribution >= 0.6 is 0 Å². The van der Waals surface area contributed by atoms with Crippen molar-refractivity contribution >= 4 is 17.6 Å². The fraction of sp³-hybridized carbons (Fsp3) is 0.227. The Labute approximate surface area is 168 Å². The summed E-state index contributed by atoms with van der Waals surface area (Å²) in [4.78, 5) is 25.2. The fourth-order valence-electron chi connectivity index (χ4n) is 3.03. The molecule has 0 aliphatic carbocycles. The number of carbonyl (C=O) groups excluding carboxylic acids is 1. The van der Waals surface area contributed by atoms with Gasteiger partial charge in [-0.15, -0.1) is 0 Å². The second-order valence-corrected chi connectivity index (χ2v) is 6.70. The van der Waals surface area contributed by atoms with Crippen LogP contribution in [0.1, 0.15) is 12.8 Å². The molecule has 7 nitrogen and oxygen atoms in total.